The number of rotatable bonds is 6. The molecular formula is C22H21ClN4O4. The molecule has 0 aliphatic carbocycles. The van der Waals surface area contributed by atoms with Crippen molar-refractivity contribution in [3.63, 3.8) is 0 Å². The van der Waals surface area contributed by atoms with E-state index < -0.39 is 12.0 Å². The Kier molecular flexibility index (Phi) is 5.81. The van der Waals surface area contributed by atoms with Gasteiger partial charge in [-0.25, -0.2) is 9.48 Å². The third-order valence-electron chi connectivity index (χ3n) is 5.04. The Bertz CT molecular complexity index is 1160. The molecular weight excluding hydrogens is 420 g/mol. The summed E-state index contributed by atoms with van der Waals surface area (Å²) >= 11 is 6.22. The minimum Gasteiger partial charge on any atom is -0.493 e. The Balaban J connectivity index is 1.69. The van der Waals surface area contributed by atoms with Crippen molar-refractivity contribution in [3.05, 3.63) is 76.2 Å². The lowest BCUT2D eigenvalue weighted by Crippen LogP contribution is -2.29. The summed E-state index contributed by atoms with van der Waals surface area (Å²) < 4.78 is 18.2. The summed E-state index contributed by atoms with van der Waals surface area (Å²) in [6, 6.07) is 12.4. The van der Waals surface area contributed by atoms with Crippen LogP contribution in [0.1, 0.15) is 24.1 Å². The van der Waals surface area contributed by atoms with Crippen LogP contribution in [-0.4, -0.2) is 35.0 Å². The average Bonchev–Trinajstić information content (AvgIpc) is 3.25. The number of nitrogens with zero attached hydrogens (tertiary/aromatic N) is 3. The largest absolute Gasteiger partial charge is 0.493 e. The number of ether oxygens (including phenoxy) is 3. The predicted octanol–water partition coefficient (Wildman–Crippen LogP) is 3.98. The molecule has 1 aliphatic rings. The summed E-state index contributed by atoms with van der Waals surface area (Å²) in [5.41, 5.74) is 2.73. The minimum atomic E-state index is -0.530. The van der Waals surface area contributed by atoms with Gasteiger partial charge in [0.05, 0.1) is 19.8 Å². The van der Waals surface area contributed by atoms with Gasteiger partial charge >= 0.3 is 5.97 Å². The topological polar surface area (TPSA) is 87.5 Å². The fourth-order valence-electron chi connectivity index (χ4n) is 3.52. The summed E-state index contributed by atoms with van der Waals surface area (Å²) in [5.74, 6) is 1.16. The van der Waals surface area contributed by atoms with Crippen molar-refractivity contribution in [1.29, 1.82) is 0 Å². The Morgan fingerprint density at radius 3 is 2.74 bits per heavy atom. The maximum Gasteiger partial charge on any atom is 0.338 e. The van der Waals surface area contributed by atoms with E-state index in [-0.39, 0.29) is 0 Å². The molecule has 1 unspecified atom stereocenters. The SMILES string of the molecule is COC(=O)C1=C(C)Nc2ncnn2C1c1ccc(OCc2ccccc2Cl)c(OC)c1. The van der Waals surface area contributed by atoms with Crippen molar-refractivity contribution < 1.29 is 19.0 Å². The van der Waals surface area contributed by atoms with Gasteiger partial charge in [0.1, 0.15) is 19.0 Å². The monoisotopic (exact) mass is 440 g/mol. The molecule has 0 saturated heterocycles. The molecule has 0 fully saturated rings. The summed E-state index contributed by atoms with van der Waals surface area (Å²) in [6.45, 7) is 2.10. The first-order valence-electron chi connectivity index (χ1n) is 9.53. The number of halogens is 1. The van der Waals surface area contributed by atoms with Crippen molar-refractivity contribution in [2.45, 2.75) is 19.6 Å². The number of hydrogen-bond donors (Lipinski definition) is 1. The van der Waals surface area contributed by atoms with Crippen molar-refractivity contribution in [3.8, 4) is 11.5 Å². The number of hydrogen-bond acceptors (Lipinski definition) is 7. The van der Waals surface area contributed by atoms with Gasteiger partial charge in [0.15, 0.2) is 11.5 Å². The maximum absolute atomic E-state index is 12.6. The standard InChI is InChI=1S/C22H21ClN4O4/c1-13-19(21(28)30-3)20(27-22(26-13)24-12-25-27)14-8-9-17(18(10-14)29-2)31-11-15-6-4-5-7-16(15)23/h4-10,12,20H,11H2,1-3H3,(H,24,25,26). The lowest BCUT2D eigenvalue weighted by Gasteiger charge is -2.28. The number of benzene rings is 2. The Hall–Kier alpha value is -3.52. The van der Waals surface area contributed by atoms with Gasteiger partial charge in [-0.05, 0) is 30.7 Å². The highest BCUT2D eigenvalue weighted by molar-refractivity contribution is 6.31. The van der Waals surface area contributed by atoms with E-state index in [1.165, 1.54) is 13.4 Å². The molecule has 2 aromatic carbocycles. The highest BCUT2D eigenvalue weighted by Gasteiger charge is 2.34. The number of carbonyl (C=O) groups excluding carboxylic acids is 1. The predicted molar refractivity (Wildman–Crippen MR) is 115 cm³/mol. The minimum absolute atomic E-state index is 0.294. The van der Waals surface area contributed by atoms with Gasteiger partial charge in [0.25, 0.3) is 0 Å². The zero-order valence-corrected chi connectivity index (χ0v) is 18.0. The fraction of sp³-hybridized carbons (Fsp3) is 0.227. The van der Waals surface area contributed by atoms with Crippen molar-refractivity contribution in [2.75, 3.05) is 19.5 Å². The lowest BCUT2D eigenvalue weighted by molar-refractivity contribution is -0.136. The van der Waals surface area contributed by atoms with Crippen LogP contribution in [0.25, 0.3) is 0 Å². The van der Waals surface area contributed by atoms with Gasteiger partial charge in [-0.15, -0.1) is 0 Å². The average molecular weight is 441 g/mol. The summed E-state index contributed by atoms with van der Waals surface area (Å²) in [7, 11) is 2.91. The zero-order chi connectivity index (χ0) is 22.0. The van der Waals surface area contributed by atoms with Crippen LogP contribution >= 0.6 is 11.6 Å². The number of allylic oxidation sites excluding steroid dienone is 1. The molecule has 9 heteroatoms. The van der Waals surface area contributed by atoms with Gasteiger partial charge in [-0.2, -0.15) is 10.1 Å². The molecule has 0 amide bonds. The van der Waals surface area contributed by atoms with E-state index in [0.717, 1.165) is 11.1 Å². The Morgan fingerprint density at radius 2 is 2.00 bits per heavy atom. The van der Waals surface area contributed by atoms with Crippen LogP contribution in [0.15, 0.2) is 60.1 Å². The molecule has 0 spiro atoms. The van der Waals surface area contributed by atoms with Gasteiger partial charge < -0.3 is 19.5 Å². The van der Waals surface area contributed by atoms with Crippen LogP contribution in [-0.2, 0) is 16.1 Å². The molecule has 4 rings (SSSR count). The fourth-order valence-corrected chi connectivity index (χ4v) is 3.71. The number of fused-ring (bicyclic) bond motifs is 1. The number of carbonyl (C=O) groups is 1. The molecule has 0 bridgehead atoms. The van der Waals surface area contributed by atoms with Gasteiger partial charge in [0.2, 0.25) is 5.95 Å². The smallest absolute Gasteiger partial charge is 0.338 e. The molecule has 2 heterocycles. The number of methoxy groups -OCH3 is 2. The Labute approximate surface area is 184 Å². The summed E-state index contributed by atoms with van der Waals surface area (Å²) in [6.07, 6.45) is 1.43. The third kappa shape index (κ3) is 3.94. The summed E-state index contributed by atoms with van der Waals surface area (Å²) in [4.78, 5) is 16.8. The van der Waals surface area contributed by atoms with E-state index in [4.69, 9.17) is 25.8 Å². The first-order chi connectivity index (χ1) is 15.0. The third-order valence-corrected chi connectivity index (χ3v) is 5.41. The highest BCUT2D eigenvalue weighted by atomic mass is 35.5. The van der Waals surface area contributed by atoms with Crippen molar-refractivity contribution >= 4 is 23.5 Å². The normalized spacial score (nSPS) is 15.2. The summed E-state index contributed by atoms with van der Waals surface area (Å²) in [5, 5.41) is 8.02. The van der Waals surface area contributed by atoms with Crippen LogP contribution in [0.2, 0.25) is 5.02 Å². The van der Waals surface area contributed by atoms with Crippen LogP contribution in [0.3, 0.4) is 0 Å². The van der Waals surface area contributed by atoms with Crippen molar-refractivity contribution in [1.82, 2.24) is 14.8 Å². The van der Waals surface area contributed by atoms with E-state index in [0.29, 0.717) is 40.3 Å². The molecule has 1 N–H and O–H groups in total. The van der Waals surface area contributed by atoms with Crippen LogP contribution < -0.4 is 14.8 Å². The van der Waals surface area contributed by atoms with Crippen LogP contribution in [0, 0.1) is 0 Å². The van der Waals surface area contributed by atoms with E-state index in [1.807, 2.05) is 36.4 Å². The maximum atomic E-state index is 12.6. The van der Waals surface area contributed by atoms with Gasteiger partial charge in [-0.3, -0.25) is 0 Å². The Morgan fingerprint density at radius 1 is 1.19 bits per heavy atom. The van der Waals surface area contributed by atoms with E-state index in [2.05, 4.69) is 15.4 Å². The van der Waals surface area contributed by atoms with Crippen LogP contribution in [0.4, 0.5) is 5.95 Å². The first-order valence-corrected chi connectivity index (χ1v) is 9.91. The molecule has 1 aromatic heterocycles. The number of aromatic nitrogens is 3. The molecule has 0 saturated carbocycles. The number of esters is 1. The molecule has 160 valence electrons. The molecule has 31 heavy (non-hydrogen) atoms. The molecule has 1 atom stereocenters. The van der Waals surface area contributed by atoms with E-state index in [9.17, 15) is 4.79 Å². The van der Waals surface area contributed by atoms with Gasteiger partial charge in [0, 0.05) is 16.3 Å². The molecule has 0 radical (unpaired) electrons. The van der Waals surface area contributed by atoms with E-state index in [1.54, 1.807) is 24.8 Å². The van der Waals surface area contributed by atoms with E-state index >= 15 is 0 Å². The molecule has 8 nitrogen and oxygen atoms in total. The van der Waals surface area contributed by atoms with Crippen LogP contribution in [0.5, 0.6) is 11.5 Å². The first kappa shape index (κ1) is 20.7. The number of anilines is 1. The second kappa shape index (κ2) is 8.69. The molecule has 3 aromatic rings. The highest BCUT2D eigenvalue weighted by Crippen LogP contribution is 2.39. The second-order valence-electron chi connectivity index (χ2n) is 6.88. The van der Waals surface area contributed by atoms with Gasteiger partial charge in [-0.1, -0.05) is 35.9 Å². The molecule has 1 aliphatic heterocycles. The quantitative estimate of drug-likeness (QED) is 0.580. The second-order valence-corrected chi connectivity index (χ2v) is 7.28. The number of nitrogens with one attached hydrogen (secondary N) is 1. The van der Waals surface area contributed by atoms with Crippen molar-refractivity contribution in [2.24, 2.45) is 0 Å². The lowest BCUT2D eigenvalue weighted by atomic mass is 9.95. The zero-order valence-electron chi connectivity index (χ0n) is 17.3.